The van der Waals surface area contributed by atoms with Gasteiger partial charge < -0.3 is 0 Å². The van der Waals surface area contributed by atoms with Gasteiger partial charge >= 0.3 is 0 Å². The zero-order valence-electron chi connectivity index (χ0n) is 7.95. The van der Waals surface area contributed by atoms with Crippen molar-refractivity contribution in [3.8, 4) is 0 Å². The highest BCUT2D eigenvalue weighted by molar-refractivity contribution is 5.30. The molecular formula is C13H16. The molecule has 0 aromatic rings. The Hall–Kier alpha value is -0.780. The zero-order valence-corrected chi connectivity index (χ0v) is 7.95. The van der Waals surface area contributed by atoms with Crippen molar-refractivity contribution in [1.29, 1.82) is 0 Å². The van der Waals surface area contributed by atoms with Gasteiger partial charge in [-0.2, -0.15) is 0 Å². The van der Waals surface area contributed by atoms with Crippen molar-refractivity contribution in [3.63, 3.8) is 0 Å². The van der Waals surface area contributed by atoms with Crippen LogP contribution in [0, 0.1) is 17.8 Å². The second-order valence-electron chi connectivity index (χ2n) is 4.64. The molecule has 0 heterocycles. The van der Waals surface area contributed by atoms with Gasteiger partial charge in [-0.05, 0) is 43.4 Å². The van der Waals surface area contributed by atoms with E-state index in [1.807, 2.05) is 0 Å². The molecule has 3 aliphatic carbocycles. The minimum atomic E-state index is 0.813. The van der Waals surface area contributed by atoms with E-state index in [2.05, 4.69) is 30.4 Å². The van der Waals surface area contributed by atoms with Crippen LogP contribution in [0.2, 0.25) is 0 Å². The summed E-state index contributed by atoms with van der Waals surface area (Å²) in [6, 6.07) is 0. The van der Waals surface area contributed by atoms with Crippen LogP contribution >= 0.6 is 0 Å². The first-order valence-electron chi connectivity index (χ1n) is 5.46. The fourth-order valence-corrected chi connectivity index (χ4v) is 3.10. The molecule has 0 aromatic heterocycles. The van der Waals surface area contributed by atoms with Crippen LogP contribution in [0.4, 0.5) is 0 Å². The van der Waals surface area contributed by atoms with E-state index in [1.54, 1.807) is 5.57 Å². The first-order chi connectivity index (χ1) is 6.43. The summed E-state index contributed by atoms with van der Waals surface area (Å²) in [5, 5.41) is 0. The van der Waals surface area contributed by atoms with E-state index in [0.717, 1.165) is 17.8 Å². The van der Waals surface area contributed by atoms with E-state index >= 15 is 0 Å². The smallest absolute Gasteiger partial charge is 0.00141 e. The Morgan fingerprint density at radius 2 is 1.92 bits per heavy atom. The van der Waals surface area contributed by atoms with Crippen molar-refractivity contribution >= 4 is 0 Å². The first kappa shape index (κ1) is 7.61. The van der Waals surface area contributed by atoms with Crippen LogP contribution in [0.3, 0.4) is 0 Å². The monoisotopic (exact) mass is 172 g/mol. The van der Waals surface area contributed by atoms with Gasteiger partial charge in [0.05, 0.1) is 0 Å². The molecule has 13 heavy (non-hydrogen) atoms. The molecule has 0 nitrogen and oxygen atoms in total. The standard InChI is InChI=1S/C13H16/c1-2-5-11-9-13-7-3-6-12(13)8-10(11)4-1/h1-3,6-7,10-12H,4-5,8-9H2. The van der Waals surface area contributed by atoms with Crippen LogP contribution in [0.15, 0.2) is 36.0 Å². The summed E-state index contributed by atoms with van der Waals surface area (Å²) in [4.78, 5) is 0. The van der Waals surface area contributed by atoms with Crippen molar-refractivity contribution < 1.29 is 0 Å². The van der Waals surface area contributed by atoms with E-state index in [1.165, 1.54) is 25.7 Å². The predicted molar refractivity (Wildman–Crippen MR) is 55.3 cm³/mol. The van der Waals surface area contributed by atoms with Crippen molar-refractivity contribution in [1.82, 2.24) is 0 Å². The number of fused-ring (bicyclic) bond motifs is 2. The number of rotatable bonds is 0. The number of allylic oxidation sites excluding steroid dienone is 6. The zero-order chi connectivity index (χ0) is 8.67. The highest BCUT2D eigenvalue weighted by atomic mass is 14.4. The molecule has 0 saturated heterocycles. The normalized spacial score (nSPS) is 41.2. The molecule has 0 aliphatic heterocycles. The van der Waals surface area contributed by atoms with Crippen LogP contribution in [0.25, 0.3) is 0 Å². The molecule has 3 aliphatic rings. The van der Waals surface area contributed by atoms with Gasteiger partial charge in [0.2, 0.25) is 0 Å². The van der Waals surface area contributed by atoms with Gasteiger partial charge in [0, 0.05) is 0 Å². The summed E-state index contributed by atoms with van der Waals surface area (Å²) in [6.45, 7) is 0. The molecule has 3 rings (SSSR count). The maximum absolute atomic E-state index is 2.39. The van der Waals surface area contributed by atoms with Crippen molar-refractivity contribution in [3.05, 3.63) is 36.0 Å². The first-order valence-corrected chi connectivity index (χ1v) is 5.46. The lowest BCUT2D eigenvalue weighted by Gasteiger charge is -2.37. The van der Waals surface area contributed by atoms with Gasteiger partial charge in [-0.15, -0.1) is 0 Å². The van der Waals surface area contributed by atoms with Gasteiger partial charge in [-0.25, -0.2) is 0 Å². The third-order valence-corrected chi connectivity index (χ3v) is 3.90. The fraction of sp³-hybridized carbons (Fsp3) is 0.538. The van der Waals surface area contributed by atoms with Crippen LogP contribution in [0.5, 0.6) is 0 Å². The molecule has 0 heteroatoms. The summed E-state index contributed by atoms with van der Waals surface area (Å²) >= 11 is 0. The number of hydrogen-bond donors (Lipinski definition) is 0. The lowest BCUT2D eigenvalue weighted by Crippen LogP contribution is -2.26. The van der Waals surface area contributed by atoms with Gasteiger partial charge in [-0.1, -0.05) is 36.0 Å². The summed E-state index contributed by atoms with van der Waals surface area (Å²) in [5.74, 6) is 2.76. The van der Waals surface area contributed by atoms with E-state index in [4.69, 9.17) is 0 Å². The molecular weight excluding hydrogens is 156 g/mol. The average Bonchev–Trinajstić information content (AvgIpc) is 2.61. The summed E-state index contributed by atoms with van der Waals surface area (Å²) < 4.78 is 0. The second kappa shape index (κ2) is 2.87. The van der Waals surface area contributed by atoms with E-state index in [-0.39, 0.29) is 0 Å². The Morgan fingerprint density at radius 1 is 1.08 bits per heavy atom. The molecule has 68 valence electrons. The molecule has 3 atom stereocenters. The van der Waals surface area contributed by atoms with E-state index < -0.39 is 0 Å². The quantitative estimate of drug-likeness (QED) is 0.491. The molecule has 0 N–H and O–H groups in total. The molecule has 1 fully saturated rings. The summed E-state index contributed by atoms with van der Waals surface area (Å²) in [6.07, 6.45) is 17.2. The highest BCUT2D eigenvalue weighted by Gasteiger charge is 2.33. The molecule has 1 saturated carbocycles. The van der Waals surface area contributed by atoms with Gasteiger partial charge in [-0.3, -0.25) is 0 Å². The van der Waals surface area contributed by atoms with Crippen LogP contribution in [-0.2, 0) is 0 Å². The highest BCUT2D eigenvalue weighted by Crippen LogP contribution is 2.45. The van der Waals surface area contributed by atoms with Crippen molar-refractivity contribution in [2.75, 3.05) is 0 Å². The third-order valence-electron chi connectivity index (χ3n) is 3.90. The largest absolute Gasteiger partial charge is 0.0882 e. The van der Waals surface area contributed by atoms with Crippen LogP contribution in [-0.4, -0.2) is 0 Å². The van der Waals surface area contributed by atoms with E-state index in [0.29, 0.717) is 0 Å². The Morgan fingerprint density at radius 3 is 2.85 bits per heavy atom. The Kier molecular flexibility index (Phi) is 1.68. The Balaban J connectivity index is 1.84. The van der Waals surface area contributed by atoms with Crippen LogP contribution in [0.1, 0.15) is 25.7 Å². The molecule has 0 aromatic carbocycles. The predicted octanol–water partition coefficient (Wildman–Crippen LogP) is 3.48. The minimum absolute atomic E-state index is 0.813. The molecule has 0 radical (unpaired) electrons. The maximum Gasteiger partial charge on any atom is -0.00141 e. The van der Waals surface area contributed by atoms with Gasteiger partial charge in [0.15, 0.2) is 0 Å². The van der Waals surface area contributed by atoms with Crippen molar-refractivity contribution in [2.24, 2.45) is 17.8 Å². The molecule has 0 amide bonds. The fourth-order valence-electron chi connectivity index (χ4n) is 3.10. The van der Waals surface area contributed by atoms with Crippen molar-refractivity contribution in [2.45, 2.75) is 25.7 Å². The third kappa shape index (κ3) is 1.20. The van der Waals surface area contributed by atoms with Crippen LogP contribution < -0.4 is 0 Å². The minimum Gasteiger partial charge on any atom is -0.0882 e. The number of hydrogen-bond acceptors (Lipinski definition) is 0. The van der Waals surface area contributed by atoms with Gasteiger partial charge in [0.1, 0.15) is 0 Å². The second-order valence-corrected chi connectivity index (χ2v) is 4.64. The lowest BCUT2D eigenvalue weighted by molar-refractivity contribution is 0.245. The topological polar surface area (TPSA) is 0 Å². The lowest BCUT2D eigenvalue weighted by atomic mass is 9.68. The van der Waals surface area contributed by atoms with E-state index in [9.17, 15) is 0 Å². The molecule has 0 bridgehead atoms. The molecule has 3 unspecified atom stereocenters. The van der Waals surface area contributed by atoms with Gasteiger partial charge in [0.25, 0.3) is 0 Å². The maximum atomic E-state index is 2.39. The molecule has 0 spiro atoms. The summed E-state index contributed by atoms with van der Waals surface area (Å²) in [5.41, 5.74) is 1.71. The average molecular weight is 172 g/mol. The Bertz CT molecular complexity index is 293. The Labute approximate surface area is 80.0 Å². The SMILES string of the molecule is C1=CC2CC3CC=CCC3CC2=C1. The summed E-state index contributed by atoms with van der Waals surface area (Å²) in [7, 11) is 0.